The van der Waals surface area contributed by atoms with Gasteiger partial charge in [-0.1, -0.05) is 0 Å². The Morgan fingerprint density at radius 1 is 1.48 bits per heavy atom. The molecule has 2 aromatic heterocycles. The Labute approximate surface area is 126 Å². The SMILES string of the molecule is CSC1(CN)CCN(c2cc3n[nH]c(=O)n3c(C)n2)CC1. The van der Waals surface area contributed by atoms with Crippen LogP contribution in [0.2, 0.25) is 0 Å². The molecule has 0 spiro atoms. The highest BCUT2D eigenvalue weighted by molar-refractivity contribution is 8.00. The summed E-state index contributed by atoms with van der Waals surface area (Å²) in [7, 11) is 0. The smallest absolute Gasteiger partial charge is 0.349 e. The maximum atomic E-state index is 11.6. The number of piperidine rings is 1. The first-order valence-electron chi connectivity index (χ1n) is 7.03. The highest BCUT2D eigenvalue weighted by Crippen LogP contribution is 2.34. The van der Waals surface area contributed by atoms with E-state index in [4.69, 9.17) is 5.73 Å². The van der Waals surface area contributed by atoms with E-state index in [-0.39, 0.29) is 10.4 Å². The van der Waals surface area contributed by atoms with E-state index >= 15 is 0 Å². The first-order valence-corrected chi connectivity index (χ1v) is 8.26. The molecule has 1 aliphatic heterocycles. The van der Waals surface area contributed by atoms with Gasteiger partial charge in [-0.05, 0) is 26.0 Å². The second-order valence-corrected chi connectivity index (χ2v) is 6.74. The number of nitrogens with zero attached hydrogens (tertiary/aromatic N) is 4. The largest absolute Gasteiger partial charge is 0.356 e. The zero-order chi connectivity index (χ0) is 15.0. The molecule has 0 atom stereocenters. The molecular formula is C13H20N6OS. The van der Waals surface area contributed by atoms with E-state index in [0.29, 0.717) is 18.0 Å². The fourth-order valence-corrected chi connectivity index (χ4v) is 3.64. The molecule has 0 aromatic carbocycles. The molecule has 0 aliphatic carbocycles. The third-order valence-corrected chi connectivity index (χ3v) is 5.80. The second kappa shape index (κ2) is 5.34. The number of H-pyrrole nitrogens is 1. The van der Waals surface area contributed by atoms with E-state index in [1.54, 1.807) is 0 Å². The van der Waals surface area contributed by atoms with E-state index in [2.05, 4.69) is 26.3 Å². The lowest BCUT2D eigenvalue weighted by atomic mass is 9.96. The number of fused-ring (bicyclic) bond motifs is 1. The predicted octanol–water partition coefficient (Wildman–Crippen LogP) is 0.387. The number of nitrogens with one attached hydrogen (secondary N) is 1. The summed E-state index contributed by atoms with van der Waals surface area (Å²) in [6, 6.07) is 1.86. The molecule has 0 unspecified atom stereocenters. The first-order chi connectivity index (χ1) is 10.1. The molecule has 3 N–H and O–H groups in total. The topological polar surface area (TPSA) is 92.3 Å². The van der Waals surface area contributed by atoms with Gasteiger partial charge >= 0.3 is 5.69 Å². The van der Waals surface area contributed by atoms with Crippen LogP contribution in [-0.4, -0.2) is 50.2 Å². The number of aromatic nitrogens is 4. The van der Waals surface area contributed by atoms with Gasteiger partial charge in [0, 0.05) is 30.4 Å². The van der Waals surface area contributed by atoms with E-state index in [0.717, 1.165) is 31.7 Å². The average Bonchev–Trinajstić information content (AvgIpc) is 2.89. The summed E-state index contributed by atoms with van der Waals surface area (Å²) in [6.07, 6.45) is 4.22. The molecular weight excluding hydrogens is 288 g/mol. The van der Waals surface area contributed by atoms with Gasteiger partial charge in [0.15, 0.2) is 5.65 Å². The van der Waals surface area contributed by atoms with Crippen LogP contribution in [0.25, 0.3) is 5.65 Å². The van der Waals surface area contributed by atoms with Crippen molar-refractivity contribution in [2.24, 2.45) is 5.73 Å². The van der Waals surface area contributed by atoms with Crippen LogP contribution in [0.5, 0.6) is 0 Å². The fourth-order valence-electron chi connectivity index (χ4n) is 2.88. The van der Waals surface area contributed by atoms with Crippen LogP contribution in [0.1, 0.15) is 18.7 Å². The van der Waals surface area contributed by atoms with Crippen molar-refractivity contribution in [3.05, 3.63) is 22.4 Å². The number of rotatable bonds is 3. The molecule has 0 radical (unpaired) electrons. The molecule has 0 amide bonds. The van der Waals surface area contributed by atoms with E-state index in [1.807, 2.05) is 24.8 Å². The third kappa shape index (κ3) is 2.42. The lowest BCUT2D eigenvalue weighted by Gasteiger charge is -2.40. The summed E-state index contributed by atoms with van der Waals surface area (Å²) in [6.45, 7) is 4.39. The Hall–Kier alpha value is -1.54. The van der Waals surface area contributed by atoms with Crippen molar-refractivity contribution in [2.45, 2.75) is 24.5 Å². The number of hydrogen-bond acceptors (Lipinski definition) is 6. The highest BCUT2D eigenvalue weighted by atomic mass is 32.2. The Balaban J connectivity index is 1.87. The molecule has 7 nitrogen and oxygen atoms in total. The minimum atomic E-state index is -0.246. The second-order valence-electron chi connectivity index (χ2n) is 5.46. The normalized spacial score (nSPS) is 18.3. The van der Waals surface area contributed by atoms with Gasteiger partial charge in [-0.3, -0.25) is 0 Å². The summed E-state index contributed by atoms with van der Waals surface area (Å²) < 4.78 is 1.68. The third-order valence-electron chi connectivity index (χ3n) is 4.36. The number of aromatic amines is 1. The van der Waals surface area contributed by atoms with Crippen molar-refractivity contribution in [3.8, 4) is 0 Å². The van der Waals surface area contributed by atoms with Crippen LogP contribution in [0.3, 0.4) is 0 Å². The van der Waals surface area contributed by atoms with Gasteiger partial charge in [0.25, 0.3) is 0 Å². The molecule has 1 aliphatic rings. The summed E-state index contributed by atoms with van der Waals surface area (Å²) in [5, 5.41) is 6.49. The van der Waals surface area contributed by atoms with Crippen molar-refractivity contribution in [2.75, 3.05) is 30.8 Å². The van der Waals surface area contributed by atoms with Crippen molar-refractivity contribution in [1.29, 1.82) is 0 Å². The van der Waals surface area contributed by atoms with Crippen LogP contribution >= 0.6 is 11.8 Å². The standard InChI is InChI=1S/C13H20N6OS/c1-9-15-10(7-11-16-17-12(20)19(9)11)18-5-3-13(8-14,21-2)4-6-18/h7H,3-6,8,14H2,1-2H3,(H,17,20). The molecule has 1 saturated heterocycles. The number of aryl methyl sites for hydroxylation is 1. The minimum absolute atomic E-state index is 0.193. The minimum Gasteiger partial charge on any atom is -0.356 e. The Morgan fingerprint density at radius 3 is 2.81 bits per heavy atom. The van der Waals surface area contributed by atoms with Crippen LogP contribution in [0.4, 0.5) is 5.82 Å². The molecule has 1 fully saturated rings. The fraction of sp³-hybridized carbons (Fsp3) is 0.615. The van der Waals surface area contributed by atoms with Crippen molar-refractivity contribution in [1.82, 2.24) is 19.6 Å². The van der Waals surface area contributed by atoms with E-state index in [1.165, 1.54) is 4.40 Å². The Bertz CT molecular complexity index is 694. The molecule has 0 bridgehead atoms. The van der Waals surface area contributed by atoms with E-state index < -0.39 is 0 Å². The number of anilines is 1. The lowest BCUT2D eigenvalue weighted by Crippen LogP contribution is -2.46. The molecule has 3 heterocycles. The maximum absolute atomic E-state index is 11.6. The number of nitrogens with two attached hydrogens (primary N) is 1. The molecule has 3 rings (SSSR count). The summed E-state index contributed by atoms with van der Waals surface area (Å²) in [5.41, 5.74) is 6.30. The molecule has 2 aromatic rings. The van der Waals surface area contributed by atoms with Crippen LogP contribution in [0, 0.1) is 6.92 Å². The predicted molar refractivity (Wildman–Crippen MR) is 85.1 cm³/mol. The Morgan fingerprint density at radius 2 is 2.19 bits per heavy atom. The van der Waals surface area contributed by atoms with Gasteiger partial charge in [0.1, 0.15) is 11.6 Å². The van der Waals surface area contributed by atoms with Crippen LogP contribution in [-0.2, 0) is 0 Å². The summed E-state index contributed by atoms with van der Waals surface area (Å²) in [5.74, 6) is 1.53. The average molecular weight is 308 g/mol. The van der Waals surface area contributed by atoms with Crippen molar-refractivity contribution < 1.29 is 0 Å². The summed E-state index contributed by atoms with van der Waals surface area (Å²) >= 11 is 1.86. The highest BCUT2D eigenvalue weighted by Gasteiger charge is 2.33. The quantitative estimate of drug-likeness (QED) is 0.852. The van der Waals surface area contributed by atoms with Gasteiger partial charge in [0.05, 0.1) is 0 Å². The lowest BCUT2D eigenvalue weighted by molar-refractivity contribution is 0.455. The van der Waals surface area contributed by atoms with Crippen molar-refractivity contribution >= 4 is 23.2 Å². The van der Waals surface area contributed by atoms with Crippen molar-refractivity contribution in [3.63, 3.8) is 0 Å². The van der Waals surface area contributed by atoms with E-state index in [9.17, 15) is 4.79 Å². The number of hydrogen-bond donors (Lipinski definition) is 2. The first kappa shape index (κ1) is 14.4. The maximum Gasteiger partial charge on any atom is 0.349 e. The molecule has 0 saturated carbocycles. The van der Waals surface area contributed by atoms with Gasteiger partial charge in [-0.15, -0.1) is 0 Å². The zero-order valence-electron chi connectivity index (χ0n) is 12.3. The Kier molecular flexibility index (Phi) is 3.66. The van der Waals surface area contributed by atoms with Gasteiger partial charge in [-0.25, -0.2) is 19.3 Å². The van der Waals surface area contributed by atoms with Gasteiger partial charge in [-0.2, -0.15) is 16.9 Å². The molecule has 21 heavy (non-hydrogen) atoms. The molecule has 114 valence electrons. The monoisotopic (exact) mass is 308 g/mol. The van der Waals surface area contributed by atoms with Crippen LogP contribution in [0.15, 0.2) is 10.9 Å². The number of thioether (sulfide) groups is 1. The van der Waals surface area contributed by atoms with Crippen LogP contribution < -0.4 is 16.3 Å². The van der Waals surface area contributed by atoms with Gasteiger partial charge < -0.3 is 10.6 Å². The summed E-state index contributed by atoms with van der Waals surface area (Å²) in [4.78, 5) is 18.4. The molecule has 8 heteroatoms. The zero-order valence-corrected chi connectivity index (χ0v) is 13.1. The van der Waals surface area contributed by atoms with Gasteiger partial charge in [0.2, 0.25) is 0 Å².